The van der Waals surface area contributed by atoms with Crippen molar-refractivity contribution in [3.05, 3.63) is 75.8 Å². The fraction of sp³-hybridized carbons (Fsp3) is 0.304. The smallest absolute Gasteiger partial charge is 0.303 e. The second-order valence-electron chi connectivity index (χ2n) is 6.92. The first-order valence-corrected chi connectivity index (χ1v) is 10.4. The highest BCUT2D eigenvalue weighted by Gasteiger charge is 2.42. The molecule has 1 aliphatic heterocycles. The Hall–Kier alpha value is -2.38. The molecule has 0 N–H and O–H groups in total. The lowest BCUT2D eigenvalue weighted by Gasteiger charge is -2.40. The predicted molar refractivity (Wildman–Crippen MR) is 117 cm³/mol. The summed E-state index contributed by atoms with van der Waals surface area (Å²) in [7, 11) is 0. The number of carbonyl (C=O) groups is 2. The Labute approximate surface area is 190 Å². The minimum Gasteiger partial charge on any atom is -0.463 e. The number of hydrogen-bond acceptors (Lipinski definition) is 6. The molecule has 164 valence electrons. The van der Waals surface area contributed by atoms with Gasteiger partial charge in [0.25, 0.3) is 0 Å². The molecule has 6 nitrogen and oxygen atoms in total. The van der Waals surface area contributed by atoms with Crippen LogP contribution in [0.3, 0.4) is 0 Å². The van der Waals surface area contributed by atoms with E-state index in [1.165, 1.54) is 13.8 Å². The molecule has 2 aromatic carbocycles. The van der Waals surface area contributed by atoms with Gasteiger partial charge in [-0.05, 0) is 17.7 Å². The Morgan fingerprint density at radius 3 is 2.42 bits per heavy atom. The summed E-state index contributed by atoms with van der Waals surface area (Å²) in [6.45, 7) is 2.50. The SMILES string of the molecule is CC(=O)OC[C@@H]1O[C@H](c2ccccc2)O[C@H](/C=C/c2ccc(Cl)cc2Cl)[C@@H]1OC(C)=O. The monoisotopic (exact) mass is 464 g/mol. The highest BCUT2D eigenvalue weighted by Crippen LogP contribution is 2.33. The van der Waals surface area contributed by atoms with Gasteiger partial charge >= 0.3 is 11.9 Å². The van der Waals surface area contributed by atoms with Crippen LogP contribution in [0.25, 0.3) is 6.08 Å². The van der Waals surface area contributed by atoms with E-state index in [0.29, 0.717) is 10.0 Å². The van der Waals surface area contributed by atoms with Gasteiger partial charge < -0.3 is 18.9 Å². The number of rotatable bonds is 6. The molecule has 0 unspecified atom stereocenters. The van der Waals surface area contributed by atoms with Gasteiger partial charge in [-0.2, -0.15) is 0 Å². The van der Waals surface area contributed by atoms with E-state index in [-0.39, 0.29) is 6.61 Å². The summed E-state index contributed by atoms with van der Waals surface area (Å²) in [6.07, 6.45) is 0.498. The van der Waals surface area contributed by atoms with Crippen LogP contribution in [0.1, 0.15) is 31.3 Å². The van der Waals surface area contributed by atoms with Gasteiger partial charge in [0.15, 0.2) is 12.4 Å². The fourth-order valence-corrected chi connectivity index (χ4v) is 3.60. The van der Waals surface area contributed by atoms with Gasteiger partial charge in [-0.1, -0.05) is 71.8 Å². The quantitative estimate of drug-likeness (QED) is 0.561. The van der Waals surface area contributed by atoms with Crippen LogP contribution >= 0.6 is 23.2 Å². The zero-order chi connectivity index (χ0) is 22.4. The van der Waals surface area contributed by atoms with Crippen LogP contribution in [0.15, 0.2) is 54.6 Å². The first-order chi connectivity index (χ1) is 14.8. The normalized spacial score (nSPS) is 23.5. The van der Waals surface area contributed by atoms with E-state index in [1.807, 2.05) is 30.3 Å². The highest BCUT2D eigenvalue weighted by atomic mass is 35.5. The molecule has 2 aromatic rings. The van der Waals surface area contributed by atoms with E-state index in [9.17, 15) is 9.59 Å². The van der Waals surface area contributed by atoms with Crippen LogP contribution in [0, 0.1) is 0 Å². The third-order valence-electron chi connectivity index (χ3n) is 4.52. The Morgan fingerprint density at radius 2 is 1.77 bits per heavy atom. The van der Waals surface area contributed by atoms with Crippen molar-refractivity contribution in [1.82, 2.24) is 0 Å². The van der Waals surface area contributed by atoms with E-state index < -0.39 is 36.5 Å². The maximum Gasteiger partial charge on any atom is 0.303 e. The summed E-state index contributed by atoms with van der Waals surface area (Å²) >= 11 is 12.2. The van der Waals surface area contributed by atoms with Crippen LogP contribution in [-0.4, -0.2) is 36.9 Å². The fourth-order valence-electron chi connectivity index (χ4n) is 3.13. The molecular weight excluding hydrogens is 443 g/mol. The summed E-state index contributed by atoms with van der Waals surface area (Å²) in [5, 5.41) is 0.990. The first kappa shape index (κ1) is 23.3. The lowest BCUT2D eigenvalue weighted by molar-refractivity contribution is -0.287. The number of hydrogen-bond donors (Lipinski definition) is 0. The van der Waals surface area contributed by atoms with Gasteiger partial charge in [-0.25, -0.2) is 0 Å². The van der Waals surface area contributed by atoms with Gasteiger partial charge in [-0.15, -0.1) is 0 Å². The molecule has 0 saturated carbocycles. The van der Waals surface area contributed by atoms with Crippen molar-refractivity contribution < 1.29 is 28.5 Å². The average Bonchev–Trinajstić information content (AvgIpc) is 2.73. The molecular formula is C23H22Cl2O6. The van der Waals surface area contributed by atoms with E-state index in [1.54, 1.807) is 30.4 Å². The van der Waals surface area contributed by atoms with Crippen molar-refractivity contribution in [3.8, 4) is 0 Å². The van der Waals surface area contributed by atoms with E-state index in [0.717, 1.165) is 11.1 Å². The van der Waals surface area contributed by atoms with Gasteiger partial charge in [0.1, 0.15) is 18.8 Å². The molecule has 1 saturated heterocycles. The lowest BCUT2D eigenvalue weighted by Crippen LogP contribution is -2.50. The minimum absolute atomic E-state index is 0.0913. The second-order valence-corrected chi connectivity index (χ2v) is 7.76. The van der Waals surface area contributed by atoms with Gasteiger partial charge in [0, 0.05) is 29.5 Å². The molecule has 0 aromatic heterocycles. The molecule has 8 heteroatoms. The molecule has 0 bridgehead atoms. The molecule has 0 radical (unpaired) electrons. The average molecular weight is 465 g/mol. The zero-order valence-corrected chi connectivity index (χ0v) is 18.5. The number of ether oxygens (including phenoxy) is 4. The second kappa shape index (κ2) is 10.8. The van der Waals surface area contributed by atoms with Crippen molar-refractivity contribution in [2.75, 3.05) is 6.61 Å². The zero-order valence-electron chi connectivity index (χ0n) is 17.0. The van der Waals surface area contributed by atoms with Gasteiger partial charge in [0.2, 0.25) is 0 Å². The maximum absolute atomic E-state index is 11.8. The van der Waals surface area contributed by atoms with Crippen LogP contribution < -0.4 is 0 Å². The number of benzene rings is 2. The standard InChI is InChI=1S/C23H22Cl2O6/c1-14(26)28-13-21-22(29-15(2)27)20(11-9-16-8-10-18(24)12-19(16)25)30-23(31-21)17-6-4-3-5-7-17/h3-12,20-23H,13H2,1-2H3/b11-9+/t20-,21+,22+,23-/m1/s1. The molecule has 1 fully saturated rings. The van der Waals surface area contributed by atoms with Crippen LogP contribution in [0.5, 0.6) is 0 Å². The van der Waals surface area contributed by atoms with Crippen LogP contribution in [-0.2, 0) is 28.5 Å². The van der Waals surface area contributed by atoms with E-state index in [4.69, 9.17) is 42.1 Å². The predicted octanol–water partition coefficient (Wildman–Crippen LogP) is 4.98. The third-order valence-corrected chi connectivity index (χ3v) is 5.08. The number of carbonyl (C=O) groups excluding carboxylic acids is 2. The molecule has 3 rings (SSSR count). The van der Waals surface area contributed by atoms with Crippen LogP contribution in [0.2, 0.25) is 10.0 Å². The lowest BCUT2D eigenvalue weighted by atomic mass is 10.0. The minimum atomic E-state index is -0.834. The Bertz CT molecular complexity index is 946. The molecule has 1 heterocycles. The van der Waals surface area contributed by atoms with Crippen molar-refractivity contribution in [3.63, 3.8) is 0 Å². The van der Waals surface area contributed by atoms with Crippen molar-refractivity contribution in [2.24, 2.45) is 0 Å². The number of esters is 2. The Kier molecular flexibility index (Phi) is 8.09. The van der Waals surface area contributed by atoms with Crippen molar-refractivity contribution >= 4 is 41.2 Å². The van der Waals surface area contributed by atoms with Crippen molar-refractivity contribution in [1.29, 1.82) is 0 Å². The van der Waals surface area contributed by atoms with Crippen LogP contribution in [0.4, 0.5) is 0 Å². The topological polar surface area (TPSA) is 71.1 Å². The van der Waals surface area contributed by atoms with E-state index in [2.05, 4.69) is 0 Å². The maximum atomic E-state index is 11.8. The number of halogens is 2. The third kappa shape index (κ3) is 6.55. The summed E-state index contributed by atoms with van der Waals surface area (Å²) in [5.41, 5.74) is 1.50. The first-order valence-electron chi connectivity index (χ1n) is 9.63. The molecule has 0 spiro atoms. The molecule has 4 atom stereocenters. The summed E-state index contributed by atoms with van der Waals surface area (Å²) in [5.74, 6) is -0.973. The Balaban J connectivity index is 1.92. The van der Waals surface area contributed by atoms with E-state index >= 15 is 0 Å². The summed E-state index contributed by atoms with van der Waals surface area (Å²) < 4.78 is 22.8. The molecule has 0 aliphatic carbocycles. The van der Waals surface area contributed by atoms with Crippen molar-refractivity contribution in [2.45, 2.75) is 38.4 Å². The Morgan fingerprint density at radius 1 is 1.03 bits per heavy atom. The summed E-state index contributed by atoms with van der Waals surface area (Å²) in [4.78, 5) is 23.1. The molecule has 0 amide bonds. The molecule has 31 heavy (non-hydrogen) atoms. The van der Waals surface area contributed by atoms with Gasteiger partial charge in [0.05, 0.1) is 0 Å². The summed E-state index contributed by atoms with van der Waals surface area (Å²) in [6, 6.07) is 14.4. The largest absolute Gasteiger partial charge is 0.463 e. The highest BCUT2D eigenvalue weighted by molar-refractivity contribution is 6.35. The molecule has 1 aliphatic rings. The van der Waals surface area contributed by atoms with Gasteiger partial charge in [-0.3, -0.25) is 9.59 Å².